The van der Waals surface area contributed by atoms with Crippen LogP contribution < -0.4 is 5.06 Å². The van der Waals surface area contributed by atoms with Crippen molar-refractivity contribution >= 4 is 5.69 Å². The molecule has 4 nitrogen and oxygen atoms in total. The number of rotatable bonds is 3. The Morgan fingerprint density at radius 3 is 1.75 bits per heavy atom. The molecular weight excluding hydrogens is 302 g/mol. The number of anilines is 1. The molecule has 0 aliphatic carbocycles. The minimum atomic E-state index is -0.619. The zero-order chi connectivity index (χ0) is 16.2. The Bertz CT molecular complexity index is 765. The molecule has 4 rings (SSSR count). The maximum Gasteiger partial charge on any atom is 0.242 e. The van der Waals surface area contributed by atoms with Gasteiger partial charge in [-0.25, -0.2) is 14.8 Å². The van der Waals surface area contributed by atoms with Crippen molar-refractivity contribution in [2.24, 2.45) is 0 Å². The van der Waals surface area contributed by atoms with Crippen molar-refractivity contribution in [2.75, 3.05) is 5.06 Å². The standard InChI is InChI=1S/C20H17NO3/c1-4-10-16(11-5-1)19-21(18-14-8-3-9-15-18)22-20(24-23-19)17-12-6-2-7-13-17/h1-15,19-20H. The van der Waals surface area contributed by atoms with Crippen molar-refractivity contribution in [3.63, 3.8) is 0 Å². The van der Waals surface area contributed by atoms with Gasteiger partial charge < -0.3 is 0 Å². The Morgan fingerprint density at radius 2 is 1.12 bits per heavy atom. The summed E-state index contributed by atoms with van der Waals surface area (Å²) in [5, 5.41) is 1.75. The molecule has 1 aliphatic rings. The highest BCUT2D eigenvalue weighted by atomic mass is 17.3. The maximum absolute atomic E-state index is 6.11. The van der Waals surface area contributed by atoms with Gasteiger partial charge in [-0.05, 0) is 12.1 Å². The number of hydrogen-bond donors (Lipinski definition) is 0. The van der Waals surface area contributed by atoms with Crippen molar-refractivity contribution in [2.45, 2.75) is 12.5 Å². The topological polar surface area (TPSA) is 30.9 Å². The Morgan fingerprint density at radius 1 is 0.583 bits per heavy atom. The fraction of sp³-hybridized carbons (Fsp3) is 0.100. The summed E-state index contributed by atoms with van der Waals surface area (Å²) >= 11 is 0. The molecule has 3 aromatic rings. The zero-order valence-corrected chi connectivity index (χ0v) is 13.0. The predicted octanol–water partition coefficient (Wildman–Crippen LogP) is 4.78. The van der Waals surface area contributed by atoms with Crippen molar-refractivity contribution in [1.82, 2.24) is 0 Å². The van der Waals surface area contributed by atoms with Crippen LogP contribution in [0.5, 0.6) is 0 Å². The quantitative estimate of drug-likeness (QED) is 0.650. The van der Waals surface area contributed by atoms with Gasteiger partial charge in [0, 0.05) is 11.1 Å². The van der Waals surface area contributed by atoms with Crippen LogP contribution in [-0.4, -0.2) is 0 Å². The van der Waals surface area contributed by atoms with E-state index in [4.69, 9.17) is 14.6 Å². The molecule has 1 aliphatic heterocycles. The second-order valence-corrected chi connectivity index (χ2v) is 5.46. The minimum absolute atomic E-state index is 0.478. The molecule has 1 saturated heterocycles. The summed E-state index contributed by atoms with van der Waals surface area (Å²) in [5.41, 5.74) is 2.74. The van der Waals surface area contributed by atoms with E-state index in [9.17, 15) is 0 Å². The zero-order valence-electron chi connectivity index (χ0n) is 13.0. The highest BCUT2D eigenvalue weighted by molar-refractivity contribution is 5.45. The minimum Gasteiger partial charge on any atom is -0.230 e. The molecule has 2 atom stereocenters. The number of benzene rings is 3. The molecule has 4 heteroatoms. The van der Waals surface area contributed by atoms with E-state index < -0.39 is 12.5 Å². The van der Waals surface area contributed by atoms with Gasteiger partial charge in [0.05, 0.1) is 5.69 Å². The average Bonchev–Trinajstić information content (AvgIpc) is 2.69. The number of hydrogen-bond acceptors (Lipinski definition) is 4. The van der Waals surface area contributed by atoms with Gasteiger partial charge in [0.2, 0.25) is 12.5 Å². The van der Waals surface area contributed by atoms with Gasteiger partial charge in [0.15, 0.2) is 0 Å². The molecule has 1 heterocycles. The van der Waals surface area contributed by atoms with Crippen LogP contribution in [0.3, 0.4) is 0 Å². The molecule has 0 saturated carbocycles. The first-order valence-electron chi connectivity index (χ1n) is 7.85. The number of nitrogens with zero attached hydrogens (tertiary/aromatic N) is 1. The number of para-hydroxylation sites is 1. The van der Waals surface area contributed by atoms with E-state index in [-0.39, 0.29) is 0 Å². The molecule has 0 N–H and O–H groups in total. The van der Waals surface area contributed by atoms with Crippen LogP contribution in [0.1, 0.15) is 23.6 Å². The van der Waals surface area contributed by atoms with Crippen LogP contribution in [0.4, 0.5) is 5.69 Å². The molecule has 0 aromatic heterocycles. The second-order valence-electron chi connectivity index (χ2n) is 5.46. The van der Waals surface area contributed by atoms with E-state index in [1.54, 1.807) is 5.06 Å². The fourth-order valence-electron chi connectivity index (χ4n) is 2.62. The van der Waals surface area contributed by atoms with Gasteiger partial charge in [-0.3, -0.25) is 0 Å². The van der Waals surface area contributed by atoms with Crippen LogP contribution in [-0.2, 0) is 14.6 Å². The highest BCUT2D eigenvalue weighted by Gasteiger charge is 2.34. The van der Waals surface area contributed by atoms with Crippen molar-refractivity contribution < 1.29 is 14.6 Å². The first kappa shape index (κ1) is 14.9. The Hall–Kier alpha value is -2.66. The Kier molecular flexibility index (Phi) is 4.25. The summed E-state index contributed by atoms with van der Waals surface area (Å²) in [6.45, 7) is 0. The largest absolute Gasteiger partial charge is 0.242 e. The van der Waals surface area contributed by atoms with Crippen LogP contribution in [0.2, 0.25) is 0 Å². The van der Waals surface area contributed by atoms with Crippen LogP contribution >= 0.6 is 0 Å². The van der Waals surface area contributed by atoms with E-state index in [2.05, 4.69) is 0 Å². The van der Waals surface area contributed by atoms with Crippen molar-refractivity contribution in [3.8, 4) is 0 Å². The lowest BCUT2D eigenvalue weighted by atomic mass is 10.2. The van der Waals surface area contributed by atoms with Crippen LogP contribution in [0.25, 0.3) is 0 Å². The van der Waals surface area contributed by atoms with Gasteiger partial charge in [-0.2, -0.15) is 4.89 Å². The summed E-state index contributed by atoms with van der Waals surface area (Å²) in [5.74, 6) is 0. The predicted molar refractivity (Wildman–Crippen MR) is 90.5 cm³/mol. The second kappa shape index (κ2) is 6.84. The van der Waals surface area contributed by atoms with Gasteiger partial charge >= 0.3 is 0 Å². The van der Waals surface area contributed by atoms with Crippen LogP contribution in [0.15, 0.2) is 91.0 Å². The molecule has 120 valence electrons. The van der Waals surface area contributed by atoms with E-state index in [0.717, 1.165) is 16.8 Å². The third-order valence-corrected chi connectivity index (χ3v) is 3.82. The normalized spacial score (nSPS) is 20.8. The lowest BCUT2D eigenvalue weighted by Crippen LogP contribution is -2.38. The third-order valence-electron chi connectivity index (χ3n) is 3.82. The van der Waals surface area contributed by atoms with Crippen molar-refractivity contribution in [1.29, 1.82) is 0 Å². The van der Waals surface area contributed by atoms with E-state index in [1.165, 1.54) is 0 Å². The fourth-order valence-corrected chi connectivity index (χ4v) is 2.62. The van der Waals surface area contributed by atoms with E-state index in [1.807, 2.05) is 91.0 Å². The summed E-state index contributed by atoms with van der Waals surface area (Å²) in [7, 11) is 0. The van der Waals surface area contributed by atoms with Gasteiger partial charge in [-0.1, -0.05) is 78.9 Å². The maximum atomic E-state index is 6.11. The molecule has 0 bridgehead atoms. The molecule has 3 aromatic carbocycles. The van der Waals surface area contributed by atoms with E-state index in [0.29, 0.717) is 0 Å². The first-order valence-corrected chi connectivity index (χ1v) is 7.85. The van der Waals surface area contributed by atoms with Gasteiger partial charge in [-0.15, -0.1) is 0 Å². The molecule has 1 fully saturated rings. The Labute approximate surface area is 140 Å². The summed E-state index contributed by atoms with van der Waals surface area (Å²) in [6, 6.07) is 29.4. The average molecular weight is 319 g/mol. The smallest absolute Gasteiger partial charge is 0.230 e. The van der Waals surface area contributed by atoms with Gasteiger partial charge in [0.25, 0.3) is 0 Å². The molecule has 0 spiro atoms. The molecule has 2 unspecified atom stereocenters. The SMILES string of the molecule is c1ccc(C2OOC(c3ccccc3)N(c3ccccc3)O2)cc1. The summed E-state index contributed by atoms with van der Waals surface area (Å²) in [6.07, 6.45) is -1.10. The highest BCUT2D eigenvalue weighted by Crippen LogP contribution is 2.37. The molecule has 24 heavy (non-hydrogen) atoms. The van der Waals surface area contributed by atoms with Crippen LogP contribution in [0, 0.1) is 0 Å². The lowest BCUT2D eigenvalue weighted by Gasteiger charge is -2.38. The third kappa shape index (κ3) is 3.03. The summed E-state index contributed by atoms with van der Waals surface area (Å²) in [4.78, 5) is 17.3. The Balaban J connectivity index is 1.67. The molecular formula is C20H17NO3. The first-order chi connectivity index (χ1) is 11.9. The van der Waals surface area contributed by atoms with Crippen molar-refractivity contribution in [3.05, 3.63) is 102 Å². The van der Waals surface area contributed by atoms with Gasteiger partial charge in [0.1, 0.15) is 0 Å². The molecule has 0 amide bonds. The lowest BCUT2D eigenvalue weighted by molar-refractivity contribution is -0.456. The molecule has 0 radical (unpaired) electrons. The van der Waals surface area contributed by atoms with E-state index >= 15 is 0 Å². The summed E-state index contributed by atoms with van der Waals surface area (Å²) < 4.78 is 0. The monoisotopic (exact) mass is 319 g/mol. The number of hydroxylamine groups is 1.